The Labute approximate surface area is 105 Å². The second-order valence-corrected chi connectivity index (χ2v) is 5.54. The van der Waals surface area contributed by atoms with E-state index in [1.807, 2.05) is 0 Å². The number of nitrogens with two attached hydrogens (primary N) is 1. The number of rotatable bonds is 2. The van der Waals surface area contributed by atoms with Crippen LogP contribution in [0.1, 0.15) is 38.8 Å². The van der Waals surface area contributed by atoms with Crippen LogP contribution in [0.5, 0.6) is 0 Å². The van der Waals surface area contributed by atoms with E-state index in [2.05, 4.69) is 49.9 Å². The van der Waals surface area contributed by atoms with Gasteiger partial charge in [0.2, 0.25) is 0 Å². The van der Waals surface area contributed by atoms with Crippen LogP contribution in [-0.4, -0.2) is 13.1 Å². The van der Waals surface area contributed by atoms with Gasteiger partial charge in [0.05, 0.1) is 0 Å². The predicted molar refractivity (Wildman–Crippen MR) is 74.2 cm³/mol. The third-order valence-corrected chi connectivity index (χ3v) is 4.10. The number of piperidine rings is 1. The molecular weight excluding hydrogens is 208 g/mol. The summed E-state index contributed by atoms with van der Waals surface area (Å²) in [5, 5.41) is 0. The first-order valence-electron chi connectivity index (χ1n) is 6.69. The molecule has 0 radical (unpaired) electrons. The molecule has 1 fully saturated rings. The standard InChI is InChI=1S/C15H24N2/c1-11-8-9-17(10-12(11)2)15-7-5-4-6-14(15)13(3)16/h4-7,11-13H,8-10,16H2,1-3H3/t11?,12?,13-/m0/s1. The first-order chi connectivity index (χ1) is 8.09. The van der Waals surface area contributed by atoms with Crippen molar-refractivity contribution in [2.75, 3.05) is 18.0 Å². The van der Waals surface area contributed by atoms with Crippen LogP contribution >= 0.6 is 0 Å². The summed E-state index contributed by atoms with van der Waals surface area (Å²) in [7, 11) is 0. The number of benzene rings is 1. The summed E-state index contributed by atoms with van der Waals surface area (Å²) in [4.78, 5) is 2.50. The summed E-state index contributed by atoms with van der Waals surface area (Å²) in [6.45, 7) is 9.10. The van der Waals surface area contributed by atoms with E-state index in [4.69, 9.17) is 5.73 Å². The third kappa shape index (κ3) is 2.63. The van der Waals surface area contributed by atoms with Crippen molar-refractivity contribution >= 4 is 5.69 Å². The average Bonchev–Trinajstić information content (AvgIpc) is 2.32. The van der Waals surface area contributed by atoms with E-state index in [-0.39, 0.29) is 6.04 Å². The van der Waals surface area contributed by atoms with Gasteiger partial charge in [0.1, 0.15) is 0 Å². The molecule has 1 saturated heterocycles. The van der Waals surface area contributed by atoms with Crippen LogP contribution in [0.4, 0.5) is 5.69 Å². The lowest BCUT2D eigenvalue weighted by molar-refractivity contribution is 0.323. The Morgan fingerprint density at radius 2 is 1.94 bits per heavy atom. The largest absolute Gasteiger partial charge is 0.371 e. The zero-order valence-electron chi connectivity index (χ0n) is 11.2. The normalized spacial score (nSPS) is 26.9. The van der Waals surface area contributed by atoms with Gasteiger partial charge in [-0.1, -0.05) is 32.0 Å². The van der Waals surface area contributed by atoms with E-state index in [1.165, 1.54) is 17.7 Å². The van der Waals surface area contributed by atoms with E-state index in [9.17, 15) is 0 Å². The molecule has 1 aliphatic rings. The van der Waals surface area contributed by atoms with Crippen molar-refractivity contribution in [1.82, 2.24) is 0 Å². The van der Waals surface area contributed by atoms with E-state index < -0.39 is 0 Å². The van der Waals surface area contributed by atoms with Crippen molar-refractivity contribution in [2.24, 2.45) is 17.6 Å². The lowest BCUT2D eigenvalue weighted by Crippen LogP contribution is -2.39. The summed E-state index contributed by atoms with van der Waals surface area (Å²) in [5.41, 5.74) is 8.66. The summed E-state index contributed by atoms with van der Waals surface area (Å²) >= 11 is 0. The molecule has 0 aliphatic carbocycles. The smallest absolute Gasteiger partial charge is 0.0414 e. The fourth-order valence-corrected chi connectivity index (χ4v) is 2.64. The predicted octanol–water partition coefficient (Wildman–Crippen LogP) is 3.19. The highest BCUT2D eigenvalue weighted by atomic mass is 15.1. The number of hydrogen-bond acceptors (Lipinski definition) is 2. The zero-order chi connectivity index (χ0) is 12.4. The number of hydrogen-bond donors (Lipinski definition) is 1. The molecule has 2 N–H and O–H groups in total. The van der Waals surface area contributed by atoms with Gasteiger partial charge in [0, 0.05) is 24.8 Å². The number of nitrogens with zero attached hydrogens (tertiary/aromatic N) is 1. The van der Waals surface area contributed by atoms with Crippen molar-refractivity contribution in [3.05, 3.63) is 29.8 Å². The molecule has 2 nitrogen and oxygen atoms in total. The molecule has 2 unspecified atom stereocenters. The molecule has 2 heteroatoms. The molecule has 1 aliphatic heterocycles. The minimum atomic E-state index is 0.112. The highest BCUT2D eigenvalue weighted by Crippen LogP contribution is 2.31. The molecular formula is C15H24N2. The summed E-state index contributed by atoms with van der Waals surface area (Å²) in [6, 6.07) is 8.67. The zero-order valence-corrected chi connectivity index (χ0v) is 11.2. The van der Waals surface area contributed by atoms with Crippen LogP contribution in [0.15, 0.2) is 24.3 Å². The molecule has 0 bridgehead atoms. The van der Waals surface area contributed by atoms with Crippen LogP contribution in [0.2, 0.25) is 0 Å². The van der Waals surface area contributed by atoms with Crippen LogP contribution in [0.3, 0.4) is 0 Å². The molecule has 94 valence electrons. The van der Waals surface area contributed by atoms with Gasteiger partial charge in [0.15, 0.2) is 0 Å². The molecule has 2 rings (SSSR count). The van der Waals surface area contributed by atoms with Crippen LogP contribution in [-0.2, 0) is 0 Å². The number of para-hydroxylation sites is 1. The van der Waals surface area contributed by atoms with Gasteiger partial charge in [-0.3, -0.25) is 0 Å². The molecule has 0 spiro atoms. The molecule has 0 aromatic heterocycles. The maximum Gasteiger partial charge on any atom is 0.0414 e. The Morgan fingerprint density at radius 3 is 2.59 bits per heavy atom. The molecule has 1 aromatic carbocycles. The molecule has 1 heterocycles. The summed E-state index contributed by atoms with van der Waals surface area (Å²) in [5.74, 6) is 1.61. The SMILES string of the molecule is CC1CCN(c2ccccc2[C@H](C)N)CC1C. The highest BCUT2D eigenvalue weighted by molar-refractivity contribution is 5.55. The molecule has 17 heavy (non-hydrogen) atoms. The van der Waals surface area contributed by atoms with Gasteiger partial charge in [-0.05, 0) is 36.8 Å². The second kappa shape index (κ2) is 5.09. The topological polar surface area (TPSA) is 29.3 Å². The maximum absolute atomic E-state index is 6.06. The van der Waals surface area contributed by atoms with Gasteiger partial charge >= 0.3 is 0 Å². The van der Waals surface area contributed by atoms with E-state index in [0.717, 1.165) is 24.9 Å². The third-order valence-electron chi connectivity index (χ3n) is 4.10. The van der Waals surface area contributed by atoms with Crippen molar-refractivity contribution in [2.45, 2.75) is 33.2 Å². The van der Waals surface area contributed by atoms with Crippen molar-refractivity contribution in [3.8, 4) is 0 Å². The van der Waals surface area contributed by atoms with Crippen molar-refractivity contribution in [3.63, 3.8) is 0 Å². The summed E-state index contributed by atoms with van der Waals surface area (Å²) < 4.78 is 0. The quantitative estimate of drug-likeness (QED) is 0.848. The molecule has 0 amide bonds. The monoisotopic (exact) mass is 232 g/mol. The fraction of sp³-hybridized carbons (Fsp3) is 0.600. The van der Waals surface area contributed by atoms with Gasteiger partial charge in [-0.25, -0.2) is 0 Å². The molecule has 3 atom stereocenters. The van der Waals surface area contributed by atoms with Crippen LogP contribution in [0.25, 0.3) is 0 Å². The van der Waals surface area contributed by atoms with Crippen LogP contribution < -0.4 is 10.6 Å². The Kier molecular flexibility index (Phi) is 3.72. The van der Waals surface area contributed by atoms with Gasteiger partial charge in [-0.2, -0.15) is 0 Å². The van der Waals surface area contributed by atoms with Crippen molar-refractivity contribution < 1.29 is 0 Å². The summed E-state index contributed by atoms with van der Waals surface area (Å²) in [6.07, 6.45) is 1.29. The first kappa shape index (κ1) is 12.4. The van der Waals surface area contributed by atoms with Gasteiger partial charge in [-0.15, -0.1) is 0 Å². The number of anilines is 1. The fourth-order valence-electron chi connectivity index (χ4n) is 2.64. The minimum Gasteiger partial charge on any atom is -0.371 e. The maximum atomic E-state index is 6.06. The van der Waals surface area contributed by atoms with E-state index in [1.54, 1.807) is 0 Å². The Hall–Kier alpha value is -1.02. The van der Waals surface area contributed by atoms with Crippen molar-refractivity contribution in [1.29, 1.82) is 0 Å². The molecule has 0 saturated carbocycles. The van der Waals surface area contributed by atoms with E-state index >= 15 is 0 Å². The Balaban J connectivity index is 2.22. The van der Waals surface area contributed by atoms with Crippen LogP contribution in [0, 0.1) is 11.8 Å². The highest BCUT2D eigenvalue weighted by Gasteiger charge is 2.24. The lowest BCUT2D eigenvalue weighted by Gasteiger charge is -2.38. The molecule has 1 aromatic rings. The minimum absolute atomic E-state index is 0.112. The average molecular weight is 232 g/mol. The van der Waals surface area contributed by atoms with Gasteiger partial charge < -0.3 is 10.6 Å². The van der Waals surface area contributed by atoms with Gasteiger partial charge in [0.25, 0.3) is 0 Å². The Bertz CT molecular complexity index is 373. The Morgan fingerprint density at radius 1 is 1.24 bits per heavy atom. The second-order valence-electron chi connectivity index (χ2n) is 5.54. The van der Waals surface area contributed by atoms with E-state index in [0.29, 0.717) is 0 Å². The first-order valence-corrected chi connectivity index (χ1v) is 6.69. The lowest BCUT2D eigenvalue weighted by atomic mass is 9.88.